The second-order valence-corrected chi connectivity index (χ2v) is 3.81. The first-order valence-electron chi connectivity index (χ1n) is 5.34. The topological polar surface area (TPSA) is 37.8 Å². The van der Waals surface area contributed by atoms with Gasteiger partial charge in [-0.05, 0) is 25.5 Å². The van der Waals surface area contributed by atoms with Crippen LogP contribution >= 0.6 is 0 Å². The normalized spacial score (nSPS) is 10.1. The summed E-state index contributed by atoms with van der Waals surface area (Å²) in [6, 6.07) is 12.2. The minimum absolute atomic E-state index is 0.696. The van der Waals surface area contributed by atoms with Crippen molar-refractivity contribution in [2.45, 2.75) is 20.4 Å². The largest absolute Gasteiger partial charge is 0.350 e. The van der Waals surface area contributed by atoms with Gasteiger partial charge in [0.15, 0.2) is 0 Å². The van der Waals surface area contributed by atoms with Crippen LogP contribution in [-0.4, -0.2) is 9.97 Å². The van der Waals surface area contributed by atoms with Crippen molar-refractivity contribution in [3.63, 3.8) is 0 Å². The average Bonchev–Trinajstić information content (AvgIpc) is 2.27. The van der Waals surface area contributed by atoms with E-state index in [4.69, 9.17) is 0 Å². The van der Waals surface area contributed by atoms with Gasteiger partial charge in [-0.15, -0.1) is 0 Å². The SMILES string of the molecule is Cc1cc(C)nc(NCc2ccccc2)n1. The molecule has 0 saturated carbocycles. The fourth-order valence-corrected chi connectivity index (χ4v) is 1.58. The third-order valence-corrected chi connectivity index (χ3v) is 2.28. The Hall–Kier alpha value is -1.90. The first kappa shape index (κ1) is 10.6. The van der Waals surface area contributed by atoms with Gasteiger partial charge in [0.1, 0.15) is 0 Å². The maximum atomic E-state index is 4.33. The van der Waals surface area contributed by atoms with Gasteiger partial charge >= 0.3 is 0 Å². The smallest absolute Gasteiger partial charge is 0.223 e. The van der Waals surface area contributed by atoms with E-state index in [9.17, 15) is 0 Å². The molecule has 0 aliphatic rings. The van der Waals surface area contributed by atoms with E-state index in [0.717, 1.165) is 17.9 Å². The number of aromatic nitrogens is 2. The lowest BCUT2D eigenvalue weighted by atomic mass is 10.2. The molecule has 0 unspecified atom stereocenters. The highest BCUT2D eigenvalue weighted by Crippen LogP contribution is 2.06. The highest BCUT2D eigenvalue weighted by molar-refractivity contribution is 5.29. The molecule has 0 aliphatic carbocycles. The van der Waals surface area contributed by atoms with E-state index in [1.807, 2.05) is 38.1 Å². The molecule has 0 radical (unpaired) electrons. The van der Waals surface area contributed by atoms with Gasteiger partial charge in [-0.2, -0.15) is 0 Å². The molecule has 1 aromatic heterocycles. The van der Waals surface area contributed by atoms with Gasteiger partial charge in [0.05, 0.1) is 0 Å². The number of nitrogens with zero attached hydrogens (tertiary/aromatic N) is 2. The minimum atomic E-state index is 0.696. The molecular weight excluding hydrogens is 198 g/mol. The zero-order valence-electron chi connectivity index (χ0n) is 9.57. The van der Waals surface area contributed by atoms with E-state index in [-0.39, 0.29) is 0 Å². The van der Waals surface area contributed by atoms with E-state index in [0.29, 0.717) is 5.95 Å². The molecule has 16 heavy (non-hydrogen) atoms. The first-order chi connectivity index (χ1) is 7.74. The van der Waals surface area contributed by atoms with E-state index in [1.165, 1.54) is 5.56 Å². The fraction of sp³-hybridized carbons (Fsp3) is 0.231. The van der Waals surface area contributed by atoms with Crippen LogP contribution in [0.1, 0.15) is 17.0 Å². The predicted octanol–water partition coefficient (Wildman–Crippen LogP) is 2.71. The van der Waals surface area contributed by atoms with Crippen molar-refractivity contribution in [1.29, 1.82) is 0 Å². The van der Waals surface area contributed by atoms with E-state index < -0.39 is 0 Å². The average molecular weight is 213 g/mol. The van der Waals surface area contributed by atoms with Crippen LogP contribution in [0.5, 0.6) is 0 Å². The summed E-state index contributed by atoms with van der Waals surface area (Å²) in [5.41, 5.74) is 3.20. The van der Waals surface area contributed by atoms with Crippen molar-refractivity contribution < 1.29 is 0 Å². The monoisotopic (exact) mass is 213 g/mol. The quantitative estimate of drug-likeness (QED) is 0.851. The van der Waals surface area contributed by atoms with Crippen molar-refractivity contribution in [3.05, 3.63) is 53.3 Å². The number of aryl methyl sites for hydroxylation is 2. The summed E-state index contributed by atoms with van der Waals surface area (Å²) in [5.74, 6) is 0.696. The Kier molecular flexibility index (Phi) is 3.15. The van der Waals surface area contributed by atoms with Crippen LogP contribution in [0.15, 0.2) is 36.4 Å². The molecule has 3 heteroatoms. The van der Waals surface area contributed by atoms with Crippen LogP contribution in [0.25, 0.3) is 0 Å². The molecule has 0 fully saturated rings. The maximum absolute atomic E-state index is 4.33. The Morgan fingerprint density at radius 3 is 2.25 bits per heavy atom. The highest BCUT2D eigenvalue weighted by atomic mass is 15.1. The first-order valence-corrected chi connectivity index (χ1v) is 5.34. The van der Waals surface area contributed by atoms with E-state index in [2.05, 4.69) is 27.4 Å². The Morgan fingerprint density at radius 1 is 1.00 bits per heavy atom. The van der Waals surface area contributed by atoms with Gasteiger partial charge in [0.25, 0.3) is 0 Å². The molecule has 0 aliphatic heterocycles. The molecule has 0 spiro atoms. The van der Waals surface area contributed by atoms with Crippen molar-refractivity contribution in [3.8, 4) is 0 Å². The summed E-state index contributed by atoms with van der Waals surface area (Å²) < 4.78 is 0. The Labute approximate surface area is 95.6 Å². The summed E-state index contributed by atoms with van der Waals surface area (Å²) in [5, 5.41) is 3.22. The van der Waals surface area contributed by atoms with Crippen molar-refractivity contribution in [2.75, 3.05) is 5.32 Å². The summed E-state index contributed by atoms with van der Waals surface area (Å²) in [6.07, 6.45) is 0. The summed E-state index contributed by atoms with van der Waals surface area (Å²) in [7, 11) is 0. The standard InChI is InChI=1S/C13H15N3/c1-10-8-11(2)16-13(15-10)14-9-12-6-4-3-5-7-12/h3-8H,9H2,1-2H3,(H,14,15,16). The number of nitrogens with one attached hydrogen (secondary N) is 1. The number of benzene rings is 1. The molecular formula is C13H15N3. The Bertz CT molecular complexity index is 446. The molecule has 3 nitrogen and oxygen atoms in total. The van der Waals surface area contributed by atoms with Crippen LogP contribution in [0, 0.1) is 13.8 Å². The van der Waals surface area contributed by atoms with Gasteiger partial charge in [0.2, 0.25) is 5.95 Å². The third-order valence-electron chi connectivity index (χ3n) is 2.28. The summed E-state index contributed by atoms with van der Waals surface area (Å²) in [6.45, 7) is 4.70. The molecule has 0 atom stereocenters. The van der Waals surface area contributed by atoms with Gasteiger partial charge in [-0.25, -0.2) is 9.97 Å². The Morgan fingerprint density at radius 2 is 1.62 bits per heavy atom. The highest BCUT2D eigenvalue weighted by Gasteiger charge is 1.98. The van der Waals surface area contributed by atoms with Crippen molar-refractivity contribution in [2.24, 2.45) is 0 Å². The Balaban J connectivity index is 2.05. The lowest BCUT2D eigenvalue weighted by Crippen LogP contribution is -2.05. The fourth-order valence-electron chi connectivity index (χ4n) is 1.58. The van der Waals surface area contributed by atoms with Gasteiger partial charge in [-0.1, -0.05) is 30.3 Å². The van der Waals surface area contributed by atoms with Crippen LogP contribution < -0.4 is 5.32 Å². The van der Waals surface area contributed by atoms with Gasteiger partial charge in [0, 0.05) is 17.9 Å². The second-order valence-electron chi connectivity index (χ2n) is 3.81. The lowest BCUT2D eigenvalue weighted by molar-refractivity contribution is 1.00. The van der Waals surface area contributed by atoms with Crippen LogP contribution in [0.4, 0.5) is 5.95 Å². The molecule has 1 aromatic carbocycles. The lowest BCUT2D eigenvalue weighted by Gasteiger charge is -2.06. The predicted molar refractivity (Wildman–Crippen MR) is 65.3 cm³/mol. The summed E-state index contributed by atoms with van der Waals surface area (Å²) >= 11 is 0. The number of anilines is 1. The molecule has 2 aromatic rings. The third kappa shape index (κ3) is 2.79. The molecule has 2 rings (SSSR count). The minimum Gasteiger partial charge on any atom is -0.350 e. The number of rotatable bonds is 3. The molecule has 0 saturated heterocycles. The zero-order chi connectivity index (χ0) is 11.4. The molecule has 82 valence electrons. The van der Waals surface area contributed by atoms with Crippen LogP contribution in [-0.2, 0) is 6.54 Å². The van der Waals surface area contributed by atoms with E-state index >= 15 is 0 Å². The van der Waals surface area contributed by atoms with Crippen molar-refractivity contribution in [1.82, 2.24) is 9.97 Å². The molecule has 1 N–H and O–H groups in total. The van der Waals surface area contributed by atoms with Gasteiger partial charge < -0.3 is 5.32 Å². The second kappa shape index (κ2) is 4.75. The molecule has 0 bridgehead atoms. The number of hydrogen-bond acceptors (Lipinski definition) is 3. The maximum Gasteiger partial charge on any atom is 0.223 e. The van der Waals surface area contributed by atoms with Crippen LogP contribution in [0.2, 0.25) is 0 Å². The van der Waals surface area contributed by atoms with Gasteiger partial charge in [-0.3, -0.25) is 0 Å². The van der Waals surface area contributed by atoms with E-state index in [1.54, 1.807) is 0 Å². The molecule has 0 amide bonds. The van der Waals surface area contributed by atoms with Crippen molar-refractivity contribution >= 4 is 5.95 Å². The number of hydrogen-bond donors (Lipinski definition) is 1. The van der Waals surface area contributed by atoms with Crippen LogP contribution in [0.3, 0.4) is 0 Å². The zero-order valence-corrected chi connectivity index (χ0v) is 9.57. The summed E-state index contributed by atoms with van der Waals surface area (Å²) in [4.78, 5) is 8.65. The molecule has 1 heterocycles.